The Morgan fingerprint density at radius 3 is 2.21 bits per heavy atom. The van der Waals surface area contributed by atoms with Crippen LogP contribution in [-0.2, 0) is 14.3 Å². The summed E-state index contributed by atoms with van der Waals surface area (Å²) >= 11 is 0. The zero-order valence-corrected chi connectivity index (χ0v) is 22.6. The number of aliphatic imine (C=N–C) groups is 2. The summed E-state index contributed by atoms with van der Waals surface area (Å²) in [5.41, 5.74) is 12.4. The molecule has 0 bridgehead atoms. The topological polar surface area (TPSA) is 208 Å². The van der Waals surface area contributed by atoms with Gasteiger partial charge in [0, 0.05) is 25.3 Å². The molecule has 0 aromatic heterocycles. The van der Waals surface area contributed by atoms with Crippen molar-refractivity contribution >= 4 is 29.8 Å². The summed E-state index contributed by atoms with van der Waals surface area (Å²) in [5, 5.41) is 28.7. The van der Waals surface area contributed by atoms with E-state index in [1.807, 2.05) is 60.7 Å². The number of aliphatic hydroxyl groups is 2. The minimum Gasteiger partial charge on any atom is -0.438 e. The lowest BCUT2D eigenvalue weighted by Gasteiger charge is -2.48. The number of carbonyl (C=O) groups is 3. The largest absolute Gasteiger partial charge is 0.438 e. The first-order valence-corrected chi connectivity index (χ1v) is 13.7. The van der Waals surface area contributed by atoms with Crippen molar-refractivity contribution in [3.8, 4) is 0 Å². The van der Waals surface area contributed by atoms with E-state index < -0.39 is 35.7 Å². The Morgan fingerprint density at radius 2 is 1.62 bits per heavy atom. The molecule has 0 radical (unpaired) electrons. The lowest BCUT2D eigenvalue weighted by molar-refractivity contribution is -0.256. The van der Waals surface area contributed by atoms with E-state index in [0.717, 1.165) is 16.0 Å². The third-order valence-electron chi connectivity index (χ3n) is 8.38. The van der Waals surface area contributed by atoms with Crippen LogP contribution >= 0.6 is 0 Å². The van der Waals surface area contributed by atoms with Crippen LogP contribution in [0.5, 0.6) is 0 Å². The molecule has 220 valence electrons. The third kappa shape index (κ3) is 4.39. The van der Waals surface area contributed by atoms with Gasteiger partial charge in [0.15, 0.2) is 23.7 Å². The standard InChI is InChI=1S/C28H32N8O6/c29-24-33-23-19(14-35-21(37)11-12-22(35)38)32-25(30)36-15-20(28(40,41)27(23,36)34-24)42-26(39)31-13-18(16-7-3-1-4-8-16)17-9-5-2-6-10-17/h1-10,18-20,23,40-41H,11-15H2,(H2,30,32)(H,31,39)(H3,29,33,34)/t19?,20?,23-,27-/m0/s1. The van der Waals surface area contributed by atoms with Crippen LogP contribution in [0.2, 0.25) is 0 Å². The van der Waals surface area contributed by atoms with Gasteiger partial charge in [-0.25, -0.2) is 14.8 Å². The Hall–Kier alpha value is -4.69. The van der Waals surface area contributed by atoms with Gasteiger partial charge in [-0.3, -0.25) is 14.5 Å². The SMILES string of the molecule is NC1=N[C@H]2C(CN3C(=O)CCC3=O)N=C(N)N3CC(OC(=O)NCC(c4ccccc4)c4ccccc4)C(O)(O)[C@]23N1. The molecule has 2 aromatic carbocycles. The number of carbonyl (C=O) groups excluding carboxylic acids is 3. The molecule has 3 amide bonds. The van der Waals surface area contributed by atoms with E-state index >= 15 is 0 Å². The fourth-order valence-corrected chi connectivity index (χ4v) is 6.34. The predicted molar refractivity (Wildman–Crippen MR) is 150 cm³/mol. The first-order valence-electron chi connectivity index (χ1n) is 13.7. The molecule has 4 aliphatic heterocycles. The maximum Gasteiger partial charge on any atom is 0.407 e. The molecule has 4 heterocycles. The number of nitrogens with one attached hydrogen (secondary N) is 2. The highest BCUT2D eigenvalue weighted by Crippen LogP contribution is 2.46. The molecular formula is C28H32N8O6. The summed E-state index contributed by atoms with van der Waals surface area (Å²) in [6.07, 6.45) is -2.20. The minimum absolute atomic E-state index is 0.0840. The molecule has 42 heavy (non-hydrogen) atoms. The summed E-state index contributed by atoms with van der Waals surface area (Å²) in [6, 6.07) is 17.3. The number of guanidine groups is 2. The van der Waals surface area contributed by atoms with Crippen LogP contribution in [0.4, 0.5) is 4.79 Å². The highest BCUT2D eigenvalue weighted by Gasteiger charge is 2.74. The molecule has 2 aromatic rings. The average Bonchev–Trinajstić information content (AvgIpc) is 3.57. The number of alkyl carbamates (subject to hydrolysis) is 1. The Morgan fingerprint density at radius 1 is 1.02 bits per heavy atom. The first-order chi connectivity index (χ1) is 20.1. The number of nitrogens with two attached hydrogens (primary N) is 2. The van der Waals surface area contributed by atoms with Crippen molar-refractivity contribution in [2.24, 2.45) is 21.5 Å². The summed E-state index contributed by atoms with van der Waals surface area (Å²) in [6.45, 7) is -0.227. The molecule has 4 aliphatic rings. The van der Waals surface area contributed by atoms with Crippen LogP contribution in [0.1, 0.15) is 29.9 Å². The van der Waals surface area contributed by atoms with Crippen LogP contribution < -0.4 is 22.1 Å². The molecule has 6 rings (SSSR count). The van der Waals surface area contributed by atoms with E-state index in [4.69, 9.17) is 16.2 Å². The zero-order valence-electron chi connectivity index (χ0n) is 22.6. The van der Waals surface area contributed by atoms with Crippen LogP contribution in [0, 0.1) is 0 Å². The maximum atomic E-state index is 13.1. The van der Waals surface area contributed by atoms with Gasteiger partial charge in [0.1, 0.15) is 6.04 Å². The van der Waals surface area contributed by atoms with Crippen molar-refractivity contribution in [3.63, 3.8) is 0 Å². The third-order valence-corrected chi connectivity index (χ3v) is 8.38. The Bertz CT molecular complexity index is 1400. The summed E-state index contributed by atoms with van der Waals surface area (Å²) in [7, 11) is 0. The molecule has 1 spiro atoms. The van der Waals surface area contributed by atoms with Gasteiger partial charge >= 0.3 is 6.09 Å². The van der Waals surface area contributed by atoms with Crippen LogP contribution in [0.3, 0.4) is 0 Å². The van der Waals surface area contributed by atoms with Gasteiger partial charge in [-0.1, -0.05) is 60.7 Å². The molecule has 14 nitrogen and oxygen atoms in total. The number of amides is 3. The summed E-state index contributed by atoms with van der Waals surface area (Å²) in [5.74, 6) is -3.89. The van der Waals surface area contributed by atoms with Crippen LogP contribution in [-0.4, -0.2) is 99.1 Å². The lowest BCUT2D eigenvalue weighted by Crippen LogP contribution is -2.77. The maximum absolute atomic E-state index is 13.1. The highest BCUT2D eigenvalue weighted by molar-refractivity contribution is 6.02. The number of rotatable bonds is 7. The number of likely N-dealkylation sites (tertiary alicyclic amines) is 1. The van der Waals surface area contributed by atoms with Crippen molar-refractivity contribution in [2.45, 2.75) is 48.4 Å². The minimum atomic E-state index is -2.75. The second kappa shape index (κ2) is 10.3. The van der Waals surface area contributed by atoms with Crippen molar-refractivity contribution in [2.75, 3.05) is 19.6 Å². The van der Waals surface area contributed by atoms with Gasteiger partial charge in [0.05, 0.1) is 19.1 Å². The van der Waals surface area contributed by atoms with Gasteiger partial charge in [-0.2, -0.15) is 0 Å². The smallest absolute Gasteiger partial charge is 0.407 e. The van der Waals surface area contributed by atoms with Gasteiger partial charge in [0.2, 0.25) is 17.6 Å². The Kier molecular flexibility index (Phi) is 6.74. The molecule has 4 atom stereocenters. The van der Waals surface area contributed by atoms with E-state index in [2.05, 4.69) is 20.6 Å². The van der Waals surface area contributed by atoms with Gasteiger partial charge in [0.25, 0.3) is 0 Å². The molecule has 2 unspecified atom stereocenters. The fraction of sp³-hybridized carbons (Fsp3) is 0.393. The van der Waals surface area contributed by atoms with Crippen molar-refractivity contribution in [3.05, 3.63) is 71.8 Å². The number of benzene rings is 2. The normalized spacial score (nSPS) is 27.7. The predicted octanol–water partition coefficient (Wildman–Crippen LogP) is -1.26. The molecular weight excluding hydrogens is 544 g/mol. The molecule has 0 aliphatic carbocycles. The second-order valence-electron chi connectivity index (χ2n) is 10.8. The molecule has 0 saturated carbocycles. The second-order valence-corrected chi connectivity index (χ2v) is 10.8. The zero-order chi connectivity index (χ0) is 29.6. The van der Waals surface area contributed by atoms with Gasteiger partial charge in [-0.15, -0.1) is 0 Å². The molecule has 14 heteroatoms. The Labute approximate surface area is 241 Å². The number of hydrogen-bond donors (Lipinski definition) is 6. The molecule has 2 saturated heterocycles. The van der Waals surface area contributed by atoms with E-state index in [-0.39, 0.29) is 62.1 Å². The number of ether oxygens (including phenoxy) is 1. The number of nitrogens with zero attached hydrogens (tertiary/aromatic N) is 4. The van der Waals surface area contributed by atoms with E-state index in [0.29, 0.717) is 0 Å². The number of hydrogen-bond acceptors (Lipinski definition) is 12. The van der Waals surface area contributed by atoms with Crippen LogP contribution in [0.15, 0.2) is 70.6 Å². The lowest BCUT2D eigenvalue weighted by atomic mass is 9.85. The van der Waals surface area contributed by atoms with Crippen molar-refractivity contribution < 1.29 is 29.3 Å². The monoisotopic (exact) mass is 576 g/mol. The summed E-state index contributed by atoms with van der Waals surface area (Å²) < 4.78 is 5.58. The molecule has 2 fully saturated rings. The quantitative estimate of drug-likeness (QED) is 0.170. The van der Waals surface area contributed by atoms with Crippen molar-refractivity contribution in [1.29, 1.82) is 0 Å². The van der Waals surface area contributed by atoms with Gasteiger partial charge < -0.3 is 42.0 Å². The average molecular weight is 577 g/mol. The fourth-order valence-electron chi connectivity index (χ4n) is 6.34. The highest BCUT2D eigenvalue weighted by atomic mass is 16.6. The van der Waals surface area contributed by atoms with Gasteiger partial charge in [-0.05, 0) is 11.1 Å². The van der Waals surface area contributed by atoms with E-state index in [9.17, 15) is 24.6 Å². The van der Waals surface area contributed by atoms with Crippen molar-refractivity contribution in [1.82, 2.24) is 20.4 Å². The number of imide groups is 1. The van der Waals surface area contributed by atoms with E-state index in [1.54, 1.807) is 0 Å². The first kappa shape index (κ1) is 27.5. The molecule has 8 N–H and O–H groups in total. The van der Waals surface area contributed by atoms with Crippen LogP contribution in [0.25, 0.3) is 0 Å². The van der Waals surface area contributed by atoms with E-state index in [1.165, 1.54) is 4.90 Å². The summed E-state index contributed by atoms with van der Waals surface area (Å²) in [4.78, 5) is 48.8. The Balaban J connectivity index is 1.20.